The fourth-order valence-corrected chi connectivity index (χ4v) is 0.994. The van der Waals surface area contributed by atoms with Crippen molar-refractivity contribution in [1.29, 1.82) is 0 Å². The van der Waals surface area contributed by atoms with Crippen molar-refractivity contribution in [3.63, 3.8) is 0 Å². The zero-order chi connectivity index (χ0) is 8.27. The molecule has 1 unspecified atom stereocenters. The Morgan fingerprint density at radius 2 is 2.00 bits per heavy atom. The molecular weight excluding hydrogens is 138 g/mol. The van der Waals surface area contributed by atoms with Crippen molar-refractivity contribution in [3.05, 3.63) is 30.1 Å². The van der Waals surface area contributed by atoms with Gasteiger partial charge in [-0.1, -0.05) is 13.8 Å². The summed E-state index contributed by atoms with van der Waals surface area (Å²) in [5.41, 5.74) is 1.28. The standard InChI is InChI=1S/C9H14NO/c1-3-8(2)9-4-6-10(11)7-5-9/h4-8,11H,3H2,1-2H3/q+1. The lowest BCUT2D eigenvalue weighted by atomic mass is 10.0. The Balaban J connectivity index is 2.81. The fourth-order valence-electron chi connectivity index (χ4n) is 0.994. The number of aromatic nitrogens is 1. The van der Waals surface area contributed by atoms with Gasteiger partial charge in [0.2, 0.25) is 12.4 Å². The second kappa shape index (κ2) is 3.37. The van der Waals surface area contributed by atoms with Crippen molar-refractivity contribution in [3.8, 4) is 0 Å². The van der Waals surface area contributed by atoms with Crippen LogP contribution in [0.2, 0.25) is 0 Å². The largest absolute Gasteiger partial charge is 0.285 e. The lowest BCUT2D eigenvalue weighted by Crippen LogP contribution is -2.28. The van der Waals surface area contributed by atoms with Gasteiger partial charge in [0.25, 0.3) is 0 Å². The molecule has 1 aromatic heterocycles. The average Bonchev–Trinajstić information content (AvgIpc) is 2.05. The van der Waals surface area contributed by atoms with Gasteiger partial charge in [0.1, 0.15) is 0 Å². The van der Waals surface area contributed by atoms with Crippen LogP contribution in [0.5, 0.6) is 0 Å². The van der Waals surface area contributed by atoms with Crippen molar-refractivity contribution in [2.75, 3.05) is 0 Å². The molecule has 2 nitrogen and oxygen atoms in total. The maximum atomic E-state index is 8.93. The van der Waals surface area contributed by atoms with Gasteiger partial charge in [0.15, 0.2) is 0 Å². The summed E-state index contributed by atoms with van der Waals surface area (Å²) in [5.74, 6) is 0.580. The van der Waals surface area contributed by atoms with Crippen molar-refractivity contribution in [2.24, 2.45) is 0 Å². The van der Waals surface area contributed by atoms with Crippen molar-refractivity contribution >= 4 is 0 Å². The van der Waals surface area contributed by atoms with E-state index in [-0.39, 0.29) is 0 Å². The van der Waals surface area contributed by atoms with Gasteiger partial charge in [-0.2, -0.15) is 0 Å². The average molecular weight is 152 g/mol. The van der Waals surface area contributed by atoms with Crippen LogP contribution in [0.1, 0.15) is 31.7 Å². The molecule has 60 valence electrons. The van der Waals surface area contributed by atoms with Crippen molar-refractivity contribution in [2.45, 2.75) is 26.2 Å². The summed E-state index contributed by atoms with van der Waals surface area (Å²) in [7, 11) is 0. The summed E-state index contributed by atoms with van der Waals surface area (Å²) in [6, 6.07) is 3.88. The van der Waals surface area contributed by atoms with Gasteiger partial charge in [-0.3, -0.25) is 5.21 Å². The predicted molar refractivity (Wildman–Crippen MR) is 42.5 cm³/mol. The van der Waals surface area contributed by atoms with Gasteiger partial charge in [0.05, 0.1) is 0 Å². The van der Waals surface area contributed by atoms with Crippen LogP contribution in [0.15, 0.2) is 24.5 Å². The van der Waals surface area contributed by atoms with E-state index in [1.165, 1.54) is 5.56 Å². The van der Waals surface area contributed by atoms with Gasteiger partial charge in [-0.15, -0.1) is 0 Å². The molecule has 0 amide bonds. The van der Waals surface area contributed by atoms with E-state index in [2.05, 4.69) is 13.8 Å². The highest BCUT2D eigenvalue weighted by molar-refractivity contribution is 5.12. The third kappa shape index (κ3) is 1.93. The first-order valence-electron chi connectivity index (χ1n) is 3.94. The summed E-state index contributed by atoms with van der Waals surface area (Å²) in [6.07, 6.45) is 4.44. The Bertz CT molecular complexity index is 218. The molecule has 1 aromatic rings. The minimum atomic E-state index is 0.580. The molecule has 0 aliphatic rings. The molecular formula is C9H14NO+. The van der Waals surface area contributed by atoms with Gasteiger partial charge < -0.3 is 0 Å². The minimum absolute atomic E-state index is 0.580. The number of pyridine rings is 1. The molecule has 0 saturated heterocycles. The molecule has 2 heteroatoms. The van der Waals surface area contributed by atoms with Crippen LogP contribution in [0, 0.1) is 0 Å². The van der Waals surface area contributed by atoms with E-state index in [1.807, 2.05) is 12.1 Å². The Kier molecular flexibility index (Phi) is 2.47. The zero-order valence-electron chi connectivity index (χ0n) is 6.99. The van der Waals surface area contributed by atoms with Crippen molar-refractivity contribution in [1.82, 2.24) is 0 Å². The Morgan fingerprint density at radius 1 is 1.45 bits per heavy atom. The lowest BCUT2D eigenvalue weighted by molar-refractivity contribution is -0.904. The van der Waals surface area contributed by atoms with E-state index in [1.54, 1.807) is 12.4 Å². The molecule has 0 aliphatic carbocycles. The molecule has 1 N–H and O–H groups in total. The summed E-state index contributed by atoms with van der Waals surface area (Å²) < 4.78 is 1.06. The van der Waals surface area contributed by atoms with E-state index in [0.29, 0.717) is 5.92 Å². The summed E-state index contributed by atoms with van der Waals surface area (Å²) in [6.45, 7) is 4.34. The molecule has 0 saturated carbocycles. The predicted octanol–water partition coefficient (Wildman–Crippen LogP) is 1.72. The molecule has 11 heavy (non-hydrogen) atoms. The molecule has 0 radical (unpaired) electrons. The summed E-state index contributed by atoms with van der Waals surface area (Å²) >= 11 is 0. The third-order valence-electron chi connectivity index (χ3n) is 2.02. The number of nitrogens with zero attached hydrogens (tertiary/aromatic N) is 1. The van der Waals surface area contributed by atoms with Crippen LogP contribution < -0.4 is 4.73 Å². The molecule has 1 atom stereocenters. The Morgan fingerprint density at radius 3 is 2.45 bits per heavy atom. The second-order valence-electron chi connectivity index (χ2n) is 2.82. The lowest BCUT2D eigenvalue weighted by Gasteiger charge is -2.05. The fraction of sp³-hybridized carbons (Fsp3) is 0.444. The van der Waals surface area contributed by atoms with Gasteiger partial charge in [0, 0.05) is 16.9 Å². The van der Waals surface area contributed by atoms with Crippen molar-refractivity contribution < 1.29 is 9.94 Å². The number of hydrogen-bond acceptors (Lipinski definition) is 1. The molecule has 1 heterocycles. The summed E-state index contributed by atoms with van der Waals surface area (Å²) in [5, 5.41) is 8.93. The highest BCUT2D eigenvalue weighted by Gasteiger charge is 2.03. The zero-order valence-corrected chi connectivity index (χ0v) is 6.99. The molecule has 0 aliphatic heterocycles. The smallest absolute Gasteiger partial charge is 0.222 e. The maximum Gasteiger partial charge on any atom is 0.222 e. The first-order valence-corrected chi connectivity index (χ1v) is 3.94. The topological polar surface area (TPSA) is 24.1 Å². The molecule has 0 fully saturated rings. The normalized spacial score (nSPS) is 12.9. The van der Waals surface area contributed by atoms with Crippen LogP contribution in [-0.4, -0.2) is 5.21 Å². The van der Waals surface area contributed by atoms with Crippen LogP contribution in [-0.2, 0) is 0 Å². The van der Waals surface area contributed by atoms with E-state index < -0.39 is 0 Å². The quantitative estimate of drug-likeness (QED) is 0.506. The van der Waals surface area contributed by atoms with Crippen LogP contribution in [0.3, 0.4) is 0 Å². The first-order chi connectivity index (χ1) is 5.24. The molecule has 0 spiro atoms. The number of rotatable bonds is 2. The summed E-state index contributed by atoms with van der Waals surface area (Å²) in [4.78, 5) is 0. The van der Waals surface area contributed by atoms with E-state index in [0.717, 1.165) is 11.2 Å². The molecule has 0 aromatic carbocycles. The monoisotopic (exact) mass is 152 g/mol. The highest BCUT2D eigenvalue weighted by Crippen LogP contribution is 2.15. The third-order valence-corrected chi connectivity index (χ3v) is 2.02. The Hall–Kier alpha value is -1.05. The van der Waals surface area contributed by atoms with Gasteiger partial charge >= 0.3 is 0 Å². The van der Waals surface area contributed by atoms with Crippen LogP contribution in [0.25, 0.3) is 0 Å². The molecule has 1 rings (SSSR count). The SMILES string of the molecule is CCC(C)c1cc[n+](O)cc1. The number of hydrogen-bond donors (Lipinski definition) is 1. The Labute approximate surface area is 67.1 Å². The second-order valence-corrected chi connectivity index (χ2v) is 2.82. The minimum Gasteiger partial charge on any atom is -0.285 e. The van der Waals surface area contributed by atoms with E-state index in [4.69, 9.17) is 5.21 Å². The first kappa shape index (κ1) is 8.05. The highest BCUT2D eigenvalue weighted by atomic mass is 16.5. The van der Waals surface area contributed by atoms with E-state index >= 15 is 0 Å². The van der Waals surface area contributed by atoms with Crippen LogP contribution in [0.4, 0.5) is 0 Å². The molecule has 0 bridgehead atoms. The van der Waals surface area contributed by atoms with Gasteiger partial charge in [-0.25, -0.2) is 0 Å². The van der Waals surface area contributed by atoms with Gasteiger partial charge in [-0.05, 0) is 17.9 Å². The van der Waals surface area contributed by atoms with E-state index in [9.17, 15) is 0 Å². The van der Waals surface area contributed by atoms with Crippen LogP contribution >= 0.6 is 0 Å². The maximum absolute atomic E-state index is 8.93.